The molecule has 1 heterocycles. The normalized spacial score (nSPS) is 16.7. The summed E-state index contributed by atoms with van der Waals surface area (Å²) in [6.07, 6.45) is 2.52. The summed E-state index contributed by atoms with van der Waals surface area (Å²) < 4.78 is 0. The number of hydrogen-bond donors (Lipinski definition) is 0. The van der Waals surface area contributed by atoms with Gasteiger partial charge in [0.15, 0.2) is 0 Å². The lowest BCUT2D eigenvalue weighted by atomic mass is 9.95. The Morgan fingerprint density at radius 3 is 2.53 bits per heavy atom. The van der Waals surface area contributed by atoms with Gasteiger partial charge in [0, 0.05) is 25.3 Å². The van der Waals surface area contributed by atoms with Crippen LogP contribution >= 0.6 is 0 Å². The van der Waals surface area contributed by atoms with Crippen LogP contribution in [0.2, 0.25) is 0 Å². The van der Waals surface area contributed by atoms with E-state index in [0.29, 0.717) is 0 Å². The Morgan fingerprint density at radius 1 is 1.32 bits per heavy atom. The Kier molecular flexibility index (Phi) is 4.44. The van der Waals surface area contributed by atoms with Crippen LogP contribution in [0.15, 0.2) is 18.2 Å². The maximum absolute atomic E-state index is 8.97. The predicted octanol–water partition coefficient (Wildman–Crippen LogP) is 2.64. The van der Waals surface area contributed by atoms with Gasteiger partial charge in [0.05, 0.1) is 11.6 Å². The molecule has 0 aromatic heterocycles. The summed E-state index contributed by atoms with van der Waals surface area (Å²) >= 11 is 0. The summed E-state index contributed by atoms with van der Waals surface area (Å²) in [5.74, 6) is 0.825. The minimum Gasteiger partial charge on any atom is -0.372 e. The maximum Gasteiger partial charge on any atom is 0.0994 e. The highest BCUT2D eigenvalue weighted by molar-refractivity contribution is 5.53. The number of nitrogens with zero attached hydrogens (tertiary/aromatic N) is 3. The van der Waals surface area contributed by atoms with Crippen molar-refractivity contribution in [3.05, 3.63) is 29.3 Å². The SMILES string of the molecule is Cc1cc(N2CCC(CN(C)C)CC2)ccc1C#N. The second kappa shape index (κ2) is 6.08. The number of benzene rings is 1. The molecule has 0 spiro atoms. The number of nitriles is 1. The van der Waals surface area contributed by atoms with Gasteiger partial charge in [-0.2, -0.15) is 5.26 Å². The molecule has 0 aliphatic carbocycles. The number of hydrogen-bond acceptors (Lipinski definition) is 3. The zero-order valence-corrected chi connectivity index (χ0v) is 12.2. The second-order valence-corrected chi connectivity index (χ2v) is 5.80. The number of aryl methyl sites for hydroxylation is 1. The Labute approximate surface area is 116 Å². The third-order valence-electron chi connectivity index (χ3n) is 3.93. The van der Waals surface area contributed by atoms with Crippen LogP contribution in [0.5, 0.6) is 0 Å². The van der Waals surface area contributed by atoms with Crippen LogP contribution in [0.3, 0.4) is 0 Å². The molecule has 0 bridgehead atoms. The van der Waals surface area contributed by atoms with E-state index in [1.807, 2.05) is 13.0 Å². The van der Waals surface area contributed by atoms with Gasteiger partial charge in [-0.15, -0.1) is 0 Å². The van der Waals surface area contributed by atoms with E-state index in [1.165, 1.54) is 25.1 Å². The van der Waals surface area contributed by atoms with Crippen molar-refractivity contribution >= 4 is 5.69 Å². The average molecular weight is 257 g/mol. The molecule has 3 nitrogen and oxygen atoms in total. The molecule has 102 valence electrons. The Bertz CT molecular complexity index is 465. The summed E-state index contributed by atoms with van der Waals surface area (Å²) in [5, 5.41) is 8.97. The summed E-state index contributed by atoms with van der Waals surface area (Å²) in [5.41, 5.74) is 3.13. The monoisotopic (exact) mass is 257 g/mol. The first-order chi connectivity index (χ1) is 9.10. The molecular weight excluding hydrogens is 234 g/mol. The quantitative estimate of drug-likeness (QED) is 0.834. The fourth-order valence-corrected chi connectivity index (χ4v) is 2.86. The second-order valence-electron chi connectivity index (χ2n) is 5.80. The number of anilines is 1. The van der Waals surface area contributed by atoms with Gasteiger partial charge in [0.25, 0.3) is 0 Å². The summed E-state index contributed by atoms with van der Waals surface area (Å²) in [4.78, 5) is 4.73. The van der Waals surface area contributed by atoms with Crippen LogP contribution in [0.4, 0.5) is 5.69 Å². The predicted molar refractivity (Wildman–Crippen MR) is 79.4 cm³/mol. The average Bonchev–Trinajstić information content (AvgIpc) is 2.39. The third-order valence-corrected chi connectivity index (χ3v) is 3.93. The standard InChI is InChI=1S/C16H23N3/c1-13-10-16(5-4-15(13)11-17)19-8-6-14(7-9-19)12-18(2)3/h4-5,10,14H,6-9,12H2,1-3H3. The topological polar surface area (TPSA) is 30.3 Å². The maximum atomic E-state index is 8.97. The summed E-state index contributed by atoms with van der Waals surface area (Å²) in [7, 11) is 4.30. The van der Waals surface area contributed by atoms with Crippen molar-refractivity contribution in [2.75, 3.05) is 38.6 Å². The molecule has 2 rings (SSSR count). The van der Waals surface area contributed by atoms with Crippen LogP contribution in [0.1, 0.15) is 24.0 Å². The minimum absolute atomic E-state index is 0.784. The van der Waals surface area contributed by atoms with Gasteiger partial charge >= 0.3 is 0 Å². The van der Waals surface area contributed by atoms with Crippen molar-refractivity contribution in [3.63, 3.8) is 0 Å². The Morgan fingerprint density at radius 2 is 2.00 bits per heavy atom. The minimum atomic E-state index is 0.784. The van der Waals surface area contributed by atoms with Crippen molar-refractivity contribution in [1.82, 2.24) is 4.90 Å². The molecule has 1 saturated heterocycles. The molecule has 0 N–H and O–H groups in total. The number of piperidine rings is 1. The molecule has 0 unspecified atom stereocenters. The van der Waals surface area contributed by atoms with Crippen molar-refractivity contribution in [2.45, 2.75) is 19.8 Å². The van der Waals surface area contributed by atoms with Gasteiger partial charge in [-0.3, -0.25) is 0 Å². The van der Waals surface area contributed by atoms with Crippen LogP contribution in [-0.4, -0.2) is 38.6 Å². The molecule has 0 saturated carbocycles. The zero-order chi connectivity index (χ0) is 13.8. The molecule has 1 fully saturated rings. The smallest absolute Gasteiger partial charge is 0.0994 e. The van der Waals surface area contributed by atoms with E-state index < -0.39 is 0 Å². The molecule has 0 amide bonds. The van der Waals surface area contributed by atoms with E-state index in [-0.39, 0.29) is 0 Å². The third kappa shape index (κ3) is 3.48. The largest absolute Gasteiger partial charge is 0.372 e. The van der Waals surface area contributed by atoms with Crippen LogP contribution in [0, 0.1) is 24.2 Å². The van der Waals surface area contributed by atoms with Crippen molar-refractivity contribution in [1.29, 1.82) is 5.26 Å². The Balaban J connectivity index is 1.98. The number of rotatable bonds is 3. The van der Waals surface area contributed by atoms with Gasteiger partial charge in [-0.05, 0) is 63.5 Å². The molecular formula is C16H23N3. The molecule has 1 aliphatic heterocycles. The van der Waals surface area contributed by atoms with Crippen molar-refractivity contribution in [3.8, 4) is 6.07 Å². The molecule has 1 aliphatic rings. The molecule has 19 heavy (non-hydrogen) atoms. The fourth-order valence-electron chi connectivity index (χ4n) is 2.86. The molecule has 0 atom stereocenters. The van der Waals surface area contributed by atoms with E-state index in [0.717, 1.165) is 30.1 Å². The summed E-state index contributed by atoms with van der Waals surface area (Å²) in [6, 6.07) is 8.40. The van der Waals surface area contributed by atoms with Gasteiger partial charge in [-0.25, -0.2) is 0 Å². The lowest BCUT2D eigenvalue weighted by Gasteiger charge is -2.34. The highest BCUT2D eigenvalue weighted by atomic mass is 15.1. The van der Waals surface area contributed by atoms with E-state index in [9.17, 15) is 0 Å². The first-order valence-corrected chi connectivity index (χ1v) is 7.00. The highest BCUT2D eigenvalue weighted by Gasteiger charge is 2.20. The van der Waals surface area contributed by atoms with Crippen molar-refractivity contribution in [2.24, 2.45) is 5.92 Å². The highest BCUT2D eigenvalue weighted by Crippen LogP contribution is 2.25. The van der Waals surface area contributed by atoms with E-state index in [4.69, 9.17) is 5.26 Å². The van der Waals surface area contributed by atoms with Gasteiger partial charge in [0.1, 0.15) is 0 Å². The zero-order valence-electron chi connectivity index (χ0n) is 12.2. The van der Waals surface area contributed by atoms with Gasteiger partial charge in [0.2, 0.25) is 0 Å². The van der Waals surface area contributed by atoms with E-state index in [1.54, 1.807) is 0 Å². The van der Waals surface area contributed by atoms with Crippen LogP contribution in [0.25, 0.3) is 0 Å². The van der Waals surface area contributed by atoms with E-state index in [2.05, 4.69) is 42.1 Å². The lowest BCUT2D eigenvalue weighted by Crippen LogP contribution is -2.37. The summed E-state index contributed by atoms with van der Waals surface area (Å²) in [6.45, 7) is 5.47. The Hall–Kier alpha value is -1.53. The first kappa shape index (κ1) is 13.9. The van der Waals surface area contributed by atoms with Gasteiger partial charge in [-0.1, -0.05) is 0 Å². The molecule has 1 aromatic rings. The molecule has 0 radical (unpaired) electrons. The van der Waals surface area contributed by atoms with Crippen LogP contribution in [-0.2, 0) is 0 Å². The van der Waals surface area contributed by atoms with Crippen LogP contribution < -0.4 is 4.90 Å². The molecule has 1 aromatic carbocycles. The van der Waals surface area contributed by atoms with Crippen molar-refractivity contribution < 1.29 is 0 Å². The first-order valence-electron chi connectivity index (χ1n) is 7.00. The fraction of sp³-hybridized carbons (Fsp3) is 0.562. The van der Waals surface area contributed by atoms with Gasteiger partial charge < -0.3 is 9.80 Å². The molecule has 3 heteroatoms. The lowest BCUT2D eigenvalue weighted by molar-refractivity contribution is 0.285. The van der Waals surface area contributed by atoms with E-state index >= 15 is 0 Å².